The van der Waals surface area contributed by atoms with E-state index in [-0.39, 0.29) is 16.8 Å². The van der Waals surface area contributed by atoms with Gasteiger partial charge in [-0.2, -0.15) is 13.2 Å². The Labute approximate surface area is 212 Å². The molecule has 0 radical (unpaired) electrons. The van der Waals surface area contributed by atoms with Gasteiger partial charge in [-0.1, -0.05) is 54.1 Å². The molecule has 10 heteroatoms. The van der Waals surface area contributed by atoms with Crippen molar-refractivity contribution in [1.29, 1.82) is 0 Å². The van der Waals surface area contributed by atoms with Gasteiger partial charge in [0.2, 0.25) is 29.0 Å². The van der Waals surface area contributed by atoms with Crippen molar-refractivity contribution in [2.45, 2.75) is 17.9 Å². The average Bonchev–Trinajstić information content (AvgIpc) is 3.44. The second-order valence-electron chi connectivity index (χ2n) is 9.05. The number of ether oxygens (including phenoxy) is 1. The van der Waals surface area contributed by atoms with Crippen molar-refractivity contribution in [3.63, 3.8) is 0 Å². The van der Waals surface area contributed by atoms with Gasteiger partial charge in [0.05, 0.1) is 29.2 Å². The summed E-state index contributed by atoms with van der Waals surface area (Å²) in [5.74, 6) is -6.68. The Morgan fingerprint density at radius 3 is 1.95 bits per heavy atom. The van der Waals surface area contributed by atoms with Crippen molar-refractivity contribution < 1.29 is 37.1 Å². The number of hydrogen-bond donors (Lipinski definition) is 0. The number of rotatable bonds is 2. The van der Waals surface area contributed by atoms with Gasteiger partial charge in [0.25, 0.3) is 0 Å². The zero-order chi connectivity index (χ0) is 26.3. The van der Waals surface area contributed by atoms with Crippen molar-refractivity contribution in [1.82, 2.24) is 0 Å². The molecule has 0 saturated carbocycles. The minimum atomic E-state index is -4.82. The van der Waals surface area contributed by atoms with Crippen LogP contribution in [0.2, 0.25) is 5.02 Å². The van der Waals surface area contributed by atoms with Crippen molar-refractivity contribution >= 4 is 40.7 Å². The number of benzene rings is 3. The number of Topliss-reactive ketones (excluding diaryl/α,β-unsaturated/α-hetero) is 2. The number of nitrogens with zero attached hydrogens (tertiary/aromatic N) is 1. The number of hydrogen-bond acceptors (Lipinski definition) is 5. The summed E-state index contributed by atoms with van der Waals surface area (Å²) in [6, 6.07) is 16.0. The molecule has 0 bridgehead atoms. The fraction of sp³-hybridized carbons (Fsp3) is 0.185. The number of ketones is 2. The summed E-state index contributed by atoms with van der Waals surface area (Å²) >= 11 is 5.93. The smallest absolute Gasteiger partial charge is 0.349 e. The van der Waals surface area contributed by atoms with Crippen LogP contribution >= 0.6 is 11.6 Å². The summed E-state index contributed by atoms with van der Waals surface area (Å²) in [5, 5.41) is 0.330. The molecule has 3 aromatic carbocycles. The molecule has 0 unspecified atom stereocenters. The number of carbonyl (C=O) groups is 4. The van der Waals surface area contributed by atoms with E-state index in [1.807, 2.05) is 0 Å². The van der Waals surface area contributed by atoms with E-state index >= 15 is 0 Å². The Balaban J connectivity index is 1.57. The fourth-order valence-corrected chi connectivity index (χ4v) is 5.77. The van der Waals surface area contributed by atoms with Crippen LogP contribution < -0.4 is 4.90 Å². The van der Waals surface area contributed by atoms with Crippen molar-refractivity contribution in [2.24, 2.45) is 11.8 Å². The van der Waals surface area contributed by atoms with Crippen LogP contribution in [0.25, 0.3) is 0 Å². The standard InChI is InChI=1S/C27H15ClF3NO5/c28-13-9-11-14(12-10-13)32-24(35)19-20(25(32)36)26(22(33)15-5-1-2-6-16(15)23(26)34)37-21(19)17-7-3-4-8-18(17)27(29,30)31/h1-12,19-21H/t19-,20-,21-/m0/s1. The van der Waals surface area contributed by atoms with E-state index in [0.29, 0.717) is 5.02 Å². The molecule has 3 atom stereocenters. The van der Waals surface area contributed by atoms with Crippen LogP contribution in [0.1, 0.15) is 37.9 Å². The predicted molar refractivity (Wildman–Crippen MR) is 124 cm³/mol. The van der Waals surface area contributed by atoms with Gasteiger partial charge >= 0.3 is 6.18 Å². The van der Waals surface area contributed by atoms with Crippen LogP contribution in [-0.2, 0) is 20.5 Å². The highest BCUT2D eigenvalue weighted by atomic mass is 35.5. The van der Waals surface area contributed by atoms with Gasteiger partial charge in [-0.15, -0.1) is 0 Å². The molecular weight excluding hydrogens is 511 g/mol. The van der Waals surface area contributed by atoms with E-state index in [1.54, 1.807) is 0 Å². The molecular formula is C27H15ClF3NO5. The topological polar surface area (TPSA) is 80.8 Å². The maximum absolute atomic E-state index is 14.0. The predicted octanol–water partition coefficient (Wildman–Crippen LogP) is 5.05. The molecule has 186 valence electrons. The lowest BCUT2D eigenvalue weighted by molar-refractivity contribution is -0.141. The highest BCUT2D eigenvalue weighted by Crippen LogP contribution is 2.58. The molecule has 0 N–H and O–H groups in total. The lowest BCUT2D eigenvalue weighted by Gasteiger charge is -2.28. The maximum Gasteiger partial charge on any atom is 0.416 e. The van der Waals surface area contributed by atoms with E-state index < -0.39 is 64.2 Å². The summed E-state index contributed by atoms with van der Waals surface area (Å²) < 4.78 is 47.9. The molecule has 6 rings (SSSR count). The molecule has 3 aromatic rings. The summed E-state index contributed by atoms with van der Waals surface area (Å²) in [7, 11) is 0. The zero-order valence-corrected chi connectivity index (χ0v) is 19.4. The van der Waals surface area contributed by atoms with E-state index in [4.69, 9.17) is 16.3 Å². The maximum atomic E-state index is 14.0. The highest BCUT2D eigenvalue weighted by molar-refractivity contribution is 6.37. The largest absolute Gasteiger partial charge is 0.416 e. The quantitative estimate of drug-likeness (QED) is 0.345. The van der Waals surface area contributed by atoms with Crippen LogP contribution in [0.15, 0.2) is 72.8 Å². The van der Waals surface area contributed by atoms with Gasteiger partial charge in [0.1, 0.15) is 0 Å². The monoisotopic (exact) mass is 525 g/mol. The third-order valence-electron chi connectivity index (χ3n) is 7.18. The lowest BCUT2D eigenvalue weighted by atomic mass is 9.76. The van der Waals surface area contributed by atoms with Crippen LogP contribution in [0.5, 0.6) is 0 Å². The Bertz CT molecular complexity index is 1480. The molecule has 2 aliphatic heterocycles. The van der Waals surface area contributed by atoms with Gasteiger partial charge in [-0.05, 0) is 35.9 Å². The average molecular weight is 526 g/mol. The normalized spacial score (nSPS) is 24.2. The van der Waals surface area contributed by atoms with E-state index in [2.05, 4.69) is 0 Å². The van der Waals surface area contributed by atoms with Gasteiger partial charge < -0.3 is 4.74 Å². The third kappa shape index (κ3) is 3.10. The number of fused-ring (bicyclic) bond motifs is 3. The second kappa shape index (κ2) is 7.84. The van der Waals surface area contributed by atoms with Gasteiger partial charge in [0, 0.05) is 16.1 Å². The molecule has 6 nitrogen and oxygen atoms in total. The number of halogens is 4. The van der Waals surface area contributed by atoms with E-state index in [0.717, 1.165) is 17.0 Å². The molecule has 2 fully saturated rings. The minimum Gasteiger partial charge on any atom is -0.349 e. The molecule has 0 aromatic heterocycles. The van der Waals surface area contributed by atoms with Gasteiger partial charge in [-0.3, -0.25) is 19.2 Å². The summed E-state index contributed by atoms with van der Waals surface area (Å²) in [6.07, 6.45) is -6.50. The van der Waals surface area contributed by atoms with Crippen molar-refractivity contribution in [3.05, 3.63) is 100 Å². The molecule has 2 amide bonds. The van der Waals surface area contributed by atoms with Crippen LogP contribution in [-0.4, -0.2) is 29.0 Å². The zero-order valence-electron chi connectivity index (χ0n) is 18.7. The number of alkyl halides is 3. The number of imide groups is 1. The number of carbonyl (C=O) groups excluding carboxylic acids is 4. The number of anilines is 1. The molecule has 3 aliphatic rings. The van der Waals surface area contributed by atoms with Crippen LogP contribution in [0, 0.1) is 11.8 Å². The van der Waals surface area contributed by atoms with Crippen LogP contribution in [0.4, 0.5) is 18.9 Å². The first kappa shape index (κ1) is 23.6. The van der Waals surface area contributed by atoms with Crippen LogP contribution in [0.3, 0.4) is 0 Å². The summed E-state index contributed by atoms with van der Waals surface area (Å²) in [4.78, 5) is 55.8. The summed E-state index contributed by atoms with van der Waals surface area (Å²) in [6.45, 7) is 0. The Hall–Kier alpha value is -3.82. The van der Waals surface area contributed by atoms with Gasteiger partial charge in [0.15, 0.2) is 0 Å². The molecule has 1 spiro atoms. The first-order valence-electron chi connectivity index (χ1n) is 11.2. The van der Waals surface area contributed by atoms with E-state index in [9.17, 15) is 32.3 Å². The third-order valence-corrected chi connectivity index (χ3v) is 7.43. The second-order valence-corrected chi connectivity index (χ2v) is 9.49. The Morgan fingerprint density at radius 2 is 1.35 bits per heavy atom. The first-order valence-corrected chi connectivity index (χ1v) is 11.6. The summed E-state index contributed by atoms with van der Waals surface area (Å²) in [5.41, 5.74) is -3.90. The molecule has 1 aliphatic carbocycles. The lowest BCUT2D eigenvalue weighted by Crippen LogP contribution is -2.51. The van der Waals surface area contributed by atoms with Crippen molar-refractivity contribution in [3.8, 4) is 0 Å². The Morgan fingerprint density at radius 1 is 0.784 bits per heavy atom. The Kier molecular flexibility index (Phi) is 4.99. The highest BCUT2D eigenvalue weighted by Gasteiger charge is 2.75. The number of amides is 2. The SMILES string of the molecule is O=C1[C@H]2[C@@H](C(=O)N1c1ccc(Cl)cc1)C1(O[C@H]2c2ccccc2C(F)(F)F)C(=O)c2ccccc2C1=O. The van der Waals surface area contributed by atoms with E-state index in [1.165, 1.54) is 60.7 Å². The molecule has 37 heavy (non-hydrogen) atoms. The first-order chi connectivity index (χ1) is 17.6. The fourth-order valence-electron chi connectivity index (χ4n) is 5.65. The minimum absolute atomic E-state index is 0.0128. The molecule has 2 heterocycles. The van der Waals surface area contributed by atoms with Crippen molar-refractivity contribution in [2.75, 3.05) is 4.90 Å². The molecule has 2 saturated heterocycles. The van der Waals surface area contributed by atoms with Gasteiger partial charge in [-0.25, -0.2) is 4.90 Å².